The van der Waals surface area contributed by atoms with Gasteiger partial charge in [-0.2, -0.15) is 0 Å². The highest BCUT2D eigenvalue weighted by molar-refractivity contribution is 5.70. The minimum absolute atomic E-state index is 0.382. The Kier molecular flexibility index (Phi) is 3.68. The summed E-state index contributed by atoms with van der Waals surface area (Å²) in [6.07, 6.45) is 1.68. The number of ether oxygens (including phenoxy) is 1. The lowest BCUT2D eigenvalue weighted by Crippen LogP contribution is -2.32. The van der Waals surface area contributed by atoms with E-state index in [1.54, 1.807) is 12.1 Å². The molecule has 102 valence electrons. The van der Waals surface area contributed by atoms with Crippen molar-refractivity contribution in [3.8, 4) is 5.75 Å². The normalized spacial score (nSPS) is 13.8. The van der Waals surface area contributed by atoms with Crippen molar-refractivity contribution in [1.82, 2.24) is 5.32 Å². The van der Waals surface area contributed by atoms with Crippen molar-refractivity contribution in [3.05, 3.63) is 65.7 Å². The van der Waals surface area contributed by atoms with Gasteiger partial charge in [0.2, 0.25) is 0 Å². The lowest BCUT2D eigenvalue weighted by molar-refractivity contribution is 0.198. The van der Waals surface area contributed by atoms with Crippen LogP contribution in [-0.4, -0.2) is 12.6 Å². The Bertz CT molecular complexity index is 570. The first-order chi connectivity index (χ1) is 9.81. The number of benzene rings is 2. The van der Waals surface area contributed by atoms with E-state index in [4.69, 9.17) is 4.74 Å². The van der Waals surface area contributed by atoms with Crippen LogP contribution in [0.15, 0.2) is 54.6 Å². The summed E-state index contributed by atoms with van der Waals surface area (Å²) in [6, 6.07) is 17.6. The number of nitrogens with one attached hydrogen (secondary N) is 1. The van der Waals surface area contributed by atoms with Crippen LogP contribution in [0, 0.1) is 5.92 Å². The molecule has 0 unspecified atom stereocenters. The number of rotatable bonds is 3. The van der Waals surface area contributed by atoms with E-state index in [1.165, 1.54) is 11.1 Å². The molecule has 1 aliphatic rings. The minimum atomic E-state index is -0.382. The van der Waals surface area contributed by atoms with Crippen molar-refractivity contribution in [2.75, 3.05) is 6.54 Å². The van der Waals surface area contributed by atoms with Gasteiger partial charge in [0.25, 0.3) is 0 Å². The monoisotopic (exact) mass is 267 g/mol. The maximum atomic E-state index is 11.7. The molecule has 3 nitrogen and oxygen atoms in total. The fourth-order valence-corrected chi connectivity index (χ4v) is 2.65. The van der Waals surface area contributed by atoms with Gasteiger partial charge in [-0.3, -0.25) is 0 Å². The molecule has 3 rings (SSSR count). The fraction of sp³-hybridized carbons (Fsp3) is 0.235. The Morgan fingerprint density at radius 1 is 1.00 bits per heavy atom. The van der Waals surface area contributed by atoms with Gasteiger partial charge in [-0.05, 0) is 42.0 Å². The Morgan fingerprint density at radius 3 is 2.25 bits per heavy atom. The maximum absolute atomic E-state index is 11.7. The number of fused-ring (bicyclic) bond motifs is 1. The minimum Gasteiger partial charge on any atom is -0.410 e. The third-order valence-electron chi connectivity index (χ3n) is 3.62. The van der Waals surface area contributed by atoms with E-state index in [2.05, 4.69) is 29.6 Å². The molecule has 1 amide bonds. The predicted molar refractivity (Wildman–Crippen MR) is 77.8 cm³/mol. The average molecular weight is 267 g/mol. The van der Waals surface area contributed by atoms with Crippen molar-refractivity contribution in [3.63, 3.8) is 0 Å². The van der Waals surface area contributed by atoms with Crippen LogP contribution in [0.4, 0.5) is 4.79 Å². The van der Waals surface area contributed by atoms with E-state index in [-0.39, 0.29) is 6.09 Å². The summed E-state index contributed by atoms with van der Waals surface area (Å²) in [6.45, 7) is 0.653. The van der Waals surface area contributed by atoms with E-state index < -0.39 is 0 Å². The summed E-state index contributed by atoms with van der Waals surface area (Å²) in [7, 11) is 0. The number of para-hydroxylation sites is 1. The molecule has 1 aliphatic carbocycles. The highest BCUT2D eigenvalue weighted by atomic mass is 16.5. The average Bonchev–Trinajstić information content (AvgIpc) is 2.89. The van der Waals surface area contributed by atoms with Gasteiger partial charge in [-0.15, -0.1) is 0 Å². The molecule has 0 heterocycles. The molecular weight excluding hydrogens is 250 g/mol. The molecule has 2 aromatic carbocycles. The van der Waals surface area contributed by atoms with Gasteiger partial charge in [0.15, 0.2) is 0 Å². The molecule has 1 N–H and O–H groups in total. The molecule has 0 spiro atoms. The number of hydrogen-bond acceptors (Lipinski definition) is 2. The van der Waals surface area contributed by atoms with Crippen LogP contribution < -0.4 is 10.1 Å². The van der Waals surface area contributed by atoms with E-state index in [1.807, 2.05) is 18.2 Å². The first-order valence-corrected chi connectivity index (χ1v) is 6.89. The van der Waals surface area contributed by atoms with E-state index in [9.17, 15) is 4.79 Å². The topological polar surface area (TPSA) is 38.3 Å². The van der Waals surface area contributed by atoms with Gasteiger partial charge in [-0.25, -0.2) is 4.79 Å². The molecule has 0 bridgehead atoms. The lowest BCUT2D eigenvalue weighted by Gasteiger charge is -2.10. The van der Waals surface area contributed by atoms with Crippen molar-refractivity contribution >= 4 is 6.09 Å². The van der Waals surface area contributed by atoms with Crippen LogP contribution in [0.25, 0.3) is 0 Å². The summed E-state index contributed by atoms with van der Waals surface area (Å²) in [5.41, 5.74) is 2.80. The van der Waals surface area contributed by atoms with Crippen LogP contribution in [0.2, 0.25) is 0 Å². The molecule has 20 heavy (non-hydrogen) atoms. The van der Waals surface area contributed by atoms with Crippen molar-refractivity contribution in [2.45, 2.75) is 12.8 Å². The number of hydrogen-bond donors (Lipinski definition) is 1. The number of carbonyl (C=O) groups is 1. The molecule has 2 aromatic rings. The lowest BCUT2D eigenvalue weighted by atomic mass is 10.1. The predicted octanol–water partition coefficient (Wildman–Crippen LogP) is 3.19. The molecule has 0 saturated heterocycles. The zero-order valence-corrected chi connectivity index (χ0v) is 11.2. The summed E-state index contributed by atoms with van der Waals surface area (Å²) in [5, 5.41) is 2.85. The van der Waals surface area contributed by atoms with Gasteiger partial charge >= 0.3 is 6.09 Å². The first kappa shape index (κ1) is 12.7. The van der Waals surface area contributed by atoms with Crippen LogP contribution in [0.3, 0.4) is 0 Å². The second kappa shape index (κ2) is 5.78. The maximum Gasteiger partial charge on any atom is 0.412 e. The Hall–Kier alpha value is -2.29. The molecule has 3 heteroatoms. The summed E-state index contributed by atoms with van der Waals surface area (Å²) in [4.78, 5) is 11.7. The molecule has 0 atom stereocenters. The molecule has 0 aliphatic heterocycles. The van der Waals surface area contributed by atoms with Gasteiger partial charge in [-0.1, -0.05) is 42.5 Å². The Morgan fingerprint density at radius 2 is 1.60 bits per heavy atom. The third-order valence-corrected chi connectivity index (χ3v) is 3.62. The highest BCUT2D eigenvalue weighted by Crippen LogP contribution is 2.25. The molecular formula is C17H17NO2. The Labute approximate surface area is 118 Å². The SMILES string of the molecule is O=C(NCC1Cc2ccccc2C1)Oc1ccccc1. The van der Waals surface area contributed by atoms with Gasteiger partial charge in [0.1, 0.15) is 5.75 Å². The largest absolute Gasteiger partial charge is 0.412 e. The summed E-state index contributed by atoms with van der Waals surface area (Å²) in [5.74, 6) is 1.04. The van der Waals surface area contributed by atoms with Gasteiger partial charge < -0.3 is 10.1 Å². The van der Waals surface area contributed by atoms with E-state index >= 15 is 0 Å². The van der Waals surface area contributed by atoms with E-state index in [0.29, 0.717) is 18.2 Å². The molecule has 0 radical (unpaired) electrons. The van der Waals surface area contributed by atoms with Crippen LogP contribution in [0.1, 0.15) is 11.1 Å². The van der Waals surface area contributed by atoms with Crippen molar-refractivity contribution in [2.24, 2.45) is 5.92 Å². The zero-order valence-electron chi connectivity index (χ0n) is 11.2. The van der Waals surface area contributed by atoms with Crippen molar-refractivity contribution < 1.29 is 9.53 Å². The number of carbonyl (C=O) groups excluding carboxylic acids is 1. The zero-order chi connectivity index (χ0) is 13.8. The molecule has 0 fully saturated rings. The van der Waals surface area contributed by atoms with Crippen LogP contribution in [-0.2, 0) is 12.8 Å². The van der Waals surface area contributed by atoms with E-state index in [0.717, 1.165) is 12.8 Å². The van der Waals surface area contributed by atoms with Crippen LogP contribution in [0.5, 0.6) is 5.75 Å². The quantitative estimate of drug-likeness (QED) is 0.927. The second-order valence-corrected chi connectivity index (χ2v) is 5.13. The first-order valence-electron chi connectivity index (χ1n) is 6.89. The standard InChI is InChI=1S/C17H17NO2/c19-17(20-16-8-2-1-3-9-16)18-12-13-10-14-6-4-5-7-15(14)11-13/h1-9,13H,10-12H2,(H,18,19). The highest BCUT2D eigenvalue weighted by Gasteiger charge is 2.21. The van der Waals surface area contributed by atoms with Crippen LogP contribution >= 0.6 is 0 Å². The second-order valence-electron chi connectivity index (χ2n) is 5.13. The molecule has 0 saturated carbocycles. The van der Waals surface area contributed by atoms with Gasteiger partial charge in [0, 0.05) is 6.54 Å². The van der Waals surface area contributed by atoms with Gasteiger partial charge in [0.05, 0.1) is 0 Å². The summed E-state index contributed by atoms with van der Waals surface area (Å²) >= 11 is 0. The number of amides is 1. The molecule has 0 aromatic heterocycles. The fourth-order valence-electron chi connectivity index (χ4n) is 2.65. The third kappa shape index (κ3) is 2.99. The van der Waals surface area contributed by atoms with Crippen molar-refractivity contribution in [1.29, 1.82) is 0 Å². The summed E-state index contributed by atoms with van der Waals surface area (Å²) < 4.78 is 5.20. The Balaban J connectivity index is 1.48. The smallest absolute Gasteiger partial charge is 0.410 e.